The highest BCUT2D eigenvalue weighted by atomic mass is 16.5. The molecule has 0 aliphatic rings. The maximum absolute atomic E-state index is 11.4. The molecule has 4 aromatic rings. The molecule has 0 amide bonds. The van der Waals surface area contributed by atoms with Crippen molar-refractivity contribution >= 4 is 0 Å². The van der Waals surface area contributed by atoms with Crippen LogP contribution < -0.4 is 10.3 Å². The number of hydrogen-bond acceptors (Lipinski definition) is 4. The minimum absolute atomic E-state index is 0.236. The van der Waals surface area contributed by atoms with Crippen LogP contribution in [-0.4, -0.2) is 27.5 Å². The molecule has 134 valence electrons. The molecule has 4 rings (SSSR count). The zero-order chi connectivity index (χ0) is 18.6. The van der Waals surface area contributed by atoms with Crippen LogP contribution in [0.4, 0.5) is 0 Å². The van der Waals surface area contributed by atoms with Crippen LogP contribution in [0.3, 0.4) is 0 Å². The summed E-state index contributed by atoms with van der Waals surface area (Å²) in [5.74, 6) is 0.813. The van der Waals surface area contributed by atoms with Gasteiger partial charge in [-0.2, -0.15) is 10.2 Å². The summed E-state index contributed by atoms with van der Waals surface area (Å²) < 4.78 is 5.22. The Morgan fingerprint density at radius 2 is 1.67 bits per heavy atom. The van der Waals surface area contributed by atoms with Crippen molar-refractivity contribution in [3.05, 3.63) is 88.3 Å². The van der Waals surface area contributed by atoms with Gasteiger partial charge in [-0.1, -0.05) is 42.5 Å². The summed E-state index contributed by atoms with van der Waals surface area (Å²) in [7, 11) is 1.65. The van der Waals surface area contributed by atoms with Crippen LogP contribution in [0, 0.1) is 0 Å². The van der Waals surface area contributed by atoms with Gasteiger partial charge in [-0.3, -0.25) is 9.89 Å². The number of nitrogens with one attached hydrogen (secondary N) is 2. The third-order valence-electron chi connectivity index (χ3n) is 4.37. The molecule has 0 aliphatic heterocycles. The molecule has 0 radical (unpaired) electrons. The lowest BCUT2D eigenvalue weighted by Gasteiger charge is -2.06. The summed E-state index contributed by atoms with van der Waals surface area (Å²) in [5, 5.41) is 14.4. The van der Waals surface area contributed by atoms with Gasteiger partial charge < -0.3 is 4.74 Å². The molecule has 2 heterocycles. The fourth-order valence-electron chi connectivity index (χ4n) is 3.02. The van der Waals surface area contributed by atoms with Gasteiger partial charge in [0.2, 0.25) is 0 Å². The summed E-state index contributed by atoms with van der Waals surface area (Å²) in [4.78, 5) is 11.4. The van der Waals surface area contributed by atoms with Crippen LogP contribution >= 0.6 is 0 Å². The highest BCUT2D eigenvalue weighted by Crippen LogP contribution is 2.32. The van der Waals surface area contributed by atoms with E-state index in [1.165, 1.54) is 6.07 Å². The fraction of sp³-hybridized carbons (Fsp3) is 0.0952. The van der Waals surface area contributed by atoms with Gasteiger partial charge in [-0.05, 0) is 23.8 Å². The number of H-pyrrole nitrogens is 2. The molecule has 27 heavy (non-hydrogen) atoms. The smallest absolute Gasteiger partial charge is 0.264 e. The first-order valence-corrected chi connectivity index (χ1v) is 8.56. The molecule has 0 fully saturated rings. The number of aromatic nitrogens is 4. The van der Waals surface area contributed by atoms with Crippen molar-refractivity contribution in [2.75, 3.05) is 7.11 Å². The second-order valence-corrected chi connectivity index (χ2v) is 6.12. The van der Waals surface area contributed by atoms with Crippen LogP contribution in [0.5, 0.6) is 5.75 Å². The fourth-order valence-corrected chi connectivity index (χ4v) is 3.02. The Kier molecular flexibility index (Phi) is 4.53. The SMILES string of the molecule is COc1ccc(Cc2n[nH]c(-c3ccccc3)c2-c2ccc(=O)[nH]n2)cc1. The molecule has 0 spiro atoms. The first-order valence-electron chi connectivity index (χ1n) is 8.56. The van der Waals surface area contributed by atoms with Crippen LogP contribution in [0.25, 0.3) is 22.5 Å². The summed E-state index contributed by atoms with van der Waals surface area (Å²) >= 11 is 0. The van der Waals surface area contributed by atoms with Gasteiger partial charge in [0.15, 0.2) is 0 Å². The lowest BCUT2D eigenvalue weighted by molar-refractivity contribution is 0.414. The minimum atomic E-state index is -0.236. The van der Waals surface area contributed by atoms with Crippen molar-refractivity contribution in [3.8, 4) is 28.3 Å². The highest BCUT2D eigenvalue weighted by molar-refractivity contribution is 5.80. The van der Waals surface area contributed by atoms with Crippen LogP contribution in [0.15, 0.2) is 71.5 Å². The Labute approximate surface area is 155 Å². The first kappa shape index (κ1) is 16.8. The van der Waals surface area contributed by atoms with E-state index < -0.39 is 0 Å². The molecule has 0 aliphatic carbocycles. The molecule has 2 N–H and O–H groups in total. The number of nitrogens with zero attached hydrogens (tertiary/aromatic N) is 2. The highest BCUT2D eigenvalue weighted by Gasteiger charge is 2.18. The molecule has 2 aromatic carbocycles. The molecule has 0 unspecified atom stereocenters. The monoisotopic (exact) mass is 358 g/mol. The van der Waals surface area contributed by atoms with Crippen molar-refractivity contribution in [3.63, 3.8) is 0 Å². The van der Waals surface area contributed by atoms with Crippen molar-refractivity contribution in [2.24, 2.45) is 0 Å². The average molecular weight is 358 g/mol. The normalized spacial score (nSPS) is 10.7. The molecular formula is C21H18N4O2. The van der Waals surface area contributed by atoms with E-state index in [0.717, 1.165) is 33.8 Å². The maximum atomic E-state index is 11.4. The Bertz CT molecular complexity index is 1080. The topological polar surface area (TPSA) is 83.7 Å². The summed E-state index contributed by atoms with van der Waals surface area (Å²) in [6.45, 7) is 0. The molecule has 0 saturated carbocycles. The summed E-state index contributed by atoms with van der Waals surface area (Å²) in [5.41, 5.74) is 5.16. The third kappa shape index (κ3) is 3.50. The van der Waals surface area contributed by atoms with Crippen molar-refractivity contribution < 1.29 is 4.74 Å². The van der Waals surface area contributed by atoms with Crippen molar-refractivity contribution in [2.45, 2.75) is 6.42 Å². The summed E-state index contributed by atoms with van der Waals surface area (Å²) in [6.07, 6.45) is 0.628. The lowest BCUT2D eigenvalue weighted by Crippen LogP contribution is -2.06. The van der Waals surface area contributed by atoms with Gasteiger partial charge in [0, 0.05) is 18.1 Å². The van der Waals surface area contributed by atoms with Crippen molar-refractivity contribution in [1.29, 1.82) is 0 Å². The summed E-state index contributed by atoms with van der Waals surface area (Å²) in [6, 6.07) is 21.0. The number of hydrogen-bond donors (Lipinski definition) is 2. The number of benzene rings is 2. The van der Waals surface area contributed by atoms with Gasteiger partial charge in [0.25, 0.3) is 5.56 Å². The molecular weight excluding hydrogens is 340 g/mol. The van der Waals surface area contributed by atoms with Crippen molar-refractivity contribution in [1.82, 2.24) is 20.4 Å². The number of ether oxygens (including phenoxy) is 1. The first-order chi connectivity index (χ1) is 13.2. The second-order valence-electron chi connectivity index (χ2n) is 6.12. The third-order valence-corrected chi connectivity index (χ3v) is 4.37. The number of aromatic amines is 2. The van der Waals surface area contributed by atoms with E-state index in [1.54, 1.807) is 13.2 Å². The van der Waals surface area contributed by atoms with E-state index in [1.807, 2.05) is 54.6 Å². The average Bonchev–Trinajstić information content (AvgIpc) is 3.13. The predicted octanol–water partition coefficient (Wildman–Crippen LogP) is 3.43. The second kappa shape index (κ2) is 7.29. The largest absolute Gasteiger partial charge is 0.497 e. The van der Waals surface area contributed by atoms with Crippen LogP contribution in [-0.2, 0) is 6.42 Å². The van der Waals surface area contributed by atoms with Gasteiger partial charge in [0.05, 0.1) is 29.8 Å². The van der Waals surface area contributed by atoms with Crippen LogP contribution in [0.1, 0.15) is 11.3 Å². The molecule has 2 aromatic heterocycles. The Morgan fingerprint density at radius 1 is 0.889 bits per heavy atom. The van der Waals surface area contributed by atoms with Gasteiger partial charge >= 0.3 is 0 Å². The van der Waals surface area contributed by atoms with E-state index in [0.29, 0.717) is 12.1 Å². The van der Waals surface area contributed by atoms with Gasteiger partial charge in [-0.25, -0.2) is 5.10 Å². The van der Waals surface area contributed by atoms with E-state index in [2.05, 4.69) is 20.4 Å². The van der Waals surface area contributed by atoms with Crippen LogP contribution in [0.2, 0.25) is 0 Å². The maximum Gasteiger partial charge on any atom is 0.264 e. The standard InChI is InChI=1S/C21H18N4O2/c1-27-16-9-7-14(8-10-16)13-18-20(17-11-12-19(26)24-22-17)21(25-23-18)15-5-3-2-4-6-15/h2-12H,13H2,1H3,(H,23,25)(H,24,26). The Balaban J connectivity index is 1.80. The molecule has 0 saturated heterocycles. The lowest BCUT2D eigenvalue weighted by atomic mass is 9.99. The number of rotatable bonds is 5. The van der Waals surface area contributed by atoms with E-state index in [-0.39, 0.29) is 5.56 Å². The molecule has 0 bridgehead atoms. The molecule has 0 atom stereocenters. The minimum Gasteiger partial charge on any atom is -0.497 e. The quantitative estimate of drug-likeness (QED) is 0.572. The Hall–Kier alpha value is -3.67. The van der Waals surface area contributed by atoms with E-state index in [9.17, 15) is 4.79 Å². The van der Waals surface area contributed by atoms with E-state index >= 15 is 0 Å². The molecule has 6 nitrogen and oxygen atoms in total. The predicted molar refractivity (Wildman–Crippen MR) is 104 cm³/mol. The zero-order valence-corrected chi connectivity index (χ0v) is 14.8. The van der Waals surface area contributed by atoms with Gasteiger partial charge in [-0.15, -0.1) is 0 Å². The van der Waals surface area contributed by atoms with E-state index in [4.69, 9.17) is 4.74 Å². The zero-order valence-electron chi connectivity index (χ0n) is 14.8. The number of methoxy groups -OCH3 is 1. The Morgan fingerprint density at radius 3 is 2.33 bits per heavy atom. The molecule has 6 heteroatoms. The van der Waals surface area contributed by atoms with Gasteiger partial charge in [0.1, 0.15) is 5.75 Å².